The third kappa shape index (κ3) is 3.96. The lowest BCUT2D eigenvalue weighted by atomic mass is 9.99. The first-order chi connectivity index (χ1) is 10.2. The molecule has 22 heavy (non-hydrogen) atoms. The maximum absolute atomic E-state index is 5.93. The lowest BCUT2D eigenvalue weighted by molar-refractivity contribution is 0.370. The van der Waals surface area contributed by atoms with E-state index in [1.54, 1.807) is 0 Å². The first-order valence-electron chi connectivity index (χ1n) is 7.23. The first kappa shape index (κ1) is 16.7. The zero-order valence-corrected chi connectivity index (χ0v) is 14.9. The van der Waals surface area contributed by atoms with Crippen molar-refractivity contribution in [1.29, 1.82) is 0 Å². The van der Waals surface area contributed by atoms with E-state index >= 15 is 0 Å². The van der Waals surface area contributed by atoms with Crippen LogP contribution in [0, 0.1) is 12.8 Å². The number of fused-ring (bicyclic) bond motifs is 1. The zero-order valence-electron chi connectivity index (χ0n) is 12.6. The van der Waals surface area contributed by atoms with E-state index in [9.17, 15) is 0 Å². The largest absolute Gasteiger partial charge is 0.370 e. The van der Waals surface area contributed by atoms with Crippen molar-refractivity contribution in [2.75, 3.05) is 11.9 Å². The van der Waals surface area contributed by atoms with Gasteiger partial charge < -0.3 is 15.6 Å². The van der Waals surface area contributed by atoms with Crippen molar-refractivity contribution in [2.45, 2.75) is 26.3 Å². The lowest BCUT2D eigenvalue weighted by Crippen LogP contribution is -2.27. The van der Waals surface area contributed by atoms with Gasteiger partial charge >= 0.3 is 0 Å². The second-order valence-corrected chi connectivity index (χ2v) is 5.40. The van der Waals surface area contributed by atoms with E-state index in [1.807, 2.05) is 37.3 Å². The molecular formula is C15H21IN6. The number of para-hydroxylation sites is 1. The maximum Gasteiger partial charge on any atom is 0.193 e. The Bertz CT molecular complexity index is 637. The van der Waals surface area contributed by atoms with Crippen LogP contribution >= 0.6 is 24.0 Å². The van der Waals surface area contributed by atoms with Gasteiger partial charge in [0, 0.05) is 25.2 Å². The molecule has 118 valence electrons. The summed E-state index contributed by atoms with van der Waals surface area (Å²) in [4.78, 5) is 4.46. The number of nitrogens with zero attached hydrogens (tertiary/aromatic N) is 4. The number of hydrogen-bond acceptors (Lipinski definition) is 3. The lowest BCUT2D eigenvalue weighted by Gasteiger charge is -2.22. The molecule has 0 aliphatic carbocycles. The summed E-state index contributed by atoms with van der Waals surface area (Å²) >= 11 is 0. The van der Waals surface area contributed by atoms with Crippen LogP contribution in [0.25, 0.3) is 0 Å². The summed E-state index contributed by atoms with van der Waals surface area (Å²) < 4.78 is 2.19. The molecule has 0 spiro atoms. The summed E-state index contributed by atoms with van der Waals surface area (Å²) in [5, 5.41) is 11.4. The minimum absolute atomic E-state index is 0. The van der Waals surface area contributed by atoms with E-state index in [1.165, 1.54) is 0 Å². The Labute approximate surface area is 147 Å². The molecule has 0 saturated heterocycles. The number of nitrogens with one attached hydrogen (secondary N) is 1. The molecule has 1 aliphatic heterocycles. The van der Waals surface area contributed by atoms with Crippen molar-refractivity contribution in [3.8, 4) is 0 Å². The van der Waals surface area contributed by atoms with Crippen LogP contribution in [0.1, 0.15) is 18.1 Å². The molecule has 3 N–H and O–H groups in total. The van der Waals surface area contributed by atoms with Crippen LogP contribution in [0.4, 0.5) is 5.69 Å². The molecule has 2 heterocycles. The van der Waals surface area contributed by atoms with Crippen LogP contribution in [0.2, 0.25) is 0 Å². The highest BCUT2D eigenvalue weighted by atomic mass is 127. The van der Waals surface area contributed by atoms with Crippen molar-refractivity contribution in [1.82, 2.24) is 14.8 Å². The van der Waals surface area contributed by atoms with E-state index in [4.69, 9.17) is 5.73 Å². The number of anilines is 1. The van der Waals surface area contributed by atoms with Gasteiger partial charge in [-0.3, -0.25) is 4.99 Å². The van der Waals surface area contributed by atoms with Crippen LogP contribution in [0.5, 0.6) is 0 Å². The van der Waals surface area contributed by atoms with Crippen molar-refractivity contribution in [3.05, 3.63) is 42.0 Å². The average molecular weight is 412 g/mol. The summed E-state index contributed by atoms with van der Waals surface area (Å²) in [6, 6.07) is 9.84. The van der Waals surface area contributed by atoms with Gasteiger partial charge in [-0.15, -0.1) is 34.2 Å². The number of aromatic nitrogens is 3. The van der Waals surface area contributed by atoms with Gasteiger partial charge in [-0.25, -0.2) is 0 Å². The number of halogens is 1. The molecule has 1 atom stereocenters. The van der Waals surface area contributed by atoms with Gasteiger partial charge in [-0.1, -0.05) is 18.2 Å². The highest BCUT2D eigenvalue weighted by molar-refractivity contribution is 14.0. The molecule has 2 aromatic rings. The van der Waals surface area contributed by atoms with Crippen molar-refractivity contribution < 1.29 is 0 Å². The Morgan fingerprint density at radius 3 is 2.91 bits per heavy atom. The standard InChI is InChI=1S/C15H20N6.HI/c1-11-19-20-14-8-7-12(10-21(11)14)9-17-15(16)18-13-5-3-2-4-6-13;/h2-6,12H,7-10H2,1H3,(H3,16,17,18);1H. The fourth-order valence-electron chi connectivity index (χ4n) is 2.62. The van der Waals surface area contributed by atoms with Gasteiger partial charge in [0.05, 0.1) is 0 Å². The molecule has 3 rings (SSSR count). The number of rotatable bonds is 3. The van der Waals surface area contributed by atoms with E-state index in [2.05, 4.69) is 25.1 Å². The predicted octanol–water partition coefficient (Wildman–Crippen LogP) is 2.19. The molecule has 0 amide bonds. The molecule has 1 aliphatic rings. The monoisotopic (exact) mass is 412 g/mol. The highest BCUT2D eigenvalue weighted by Crippen LogP contribution is 2.20. The third-order valence-corrected chi connectivity index (χ3v) is 3.80. The first-order valence-corrected chi connectivity index (χ1v) is 7.23. The Hall–Kier alpha value is -1.64. The second kappa shape index (κ2) is 7.57. The summed E-state index contributed by atoms with van der Waals surface area (Å²) in [5.41, 5.74) is 6.89. The van der Waals surface area contributed by atoms with E-state index in [0.29, 0.717) is 11.9 Å². The number of aliphatic imine (C=N–C) groups is 1. The minimum Gasteiger partial charge on any atom is -0.370 e. The quantitative estimate of drug-likeness (QED) is 0.460. The Balaban J connectivity index is 0.00000176. The van der Waals surface area contributed by atoms with E-state index < -0.39 is 0 Å². The third-order valence-electron chi connectivity index (χ3n) is 3.80. The van der Waals surface area contributed by atoms with Crippen molar-refractivity contribution >= 4 is 35.6 Å². The van der Waals surface area contributed by atoms with E-state index in [-0.39, 0.29) is 24.0 Å². The minimum atomic E-state index is 0. The normalized spacial score (nSPS) is 17.5. The summed E-state index contributed by atoms with van der Waals surface area (Å²) in [6.45, 7) is 3.65. The van der Waals surface area contributed by atoms with Crippen LogP contribution in [0.3, 0.4) is 0 Å². The zero-order chi connectivity index (χ0) is 14.7. The molecular weight excluding hydrogens is 391 g/mol. The fourth-order valence-corrected chi connectivity index (χ4v) is 2.62. The molecule has 7 heteroatoms. The highest BCUT2D eigenvalue weighted by Gasteiger charge is 2.21. The number of benzene rings is 1. The Morgan fingerprint density at radius 2 is 2.14 bits per heavy atom. The maximum atomic E-state index is 5.93. The molecule has 1 unspecified atom stereocenters. The number of guanidine groups is 1. The van der Waals surface area contributed by atoms with Crippen molar-refractivity contribution in [2.24, 2.45) is 16.6 Å². The van der Waals surface area contributed by atoms with Gasteiger partial charge in [-0.2, -0.15) is 0 Å². The smallest absolute Gasteiger partial charge is 0.193 e. The van der Waals surface area contributed by atoms with Crippen LogP contribution < -0.4 is 11.1 Å². The van der Waals surface area contributed by atoms with Crippen LogP contribution in [-0.2, 0) is 13.0 Å². The van der Waals surface area contributed by atoms with Gasteiger partial charge in [0.1, 0.15) is 11.6 Å². The Morgan fingerprint density at radius 1 is 1.36 bits per heavy atom. The summed E-state index contributed by atoms with van der Waals surface area (Å²) in [7, 11) is 0. The molecule has 6 nitrogen and oxygen atoms in total. The topological polar surface area (TPSA) is 81.1 Å². The molecule has 0 radical (unpaired) electrons. The molecule has 0 fully saturated rings. The van der Waals surface area contributed by atoms with E-state index in [0.717, 1.165) is 43.3 Å². The molecule has 1 aromatic heterocycles. The van der Waals surface area contributed by atoms with Gasteiger partial charge in [0.25, 0.3) is 0 Å². The fraction of sp³-hybridized carbons (Fsp3) is 0.400. The average Bonchev–Trinajstić information content (AvgIpc) is 2.87. The second-order valence-electron chi connectivity index (χ2n) is 5.40. The number of nitrogens with two attached hydrogens (primary N) is 1. The number of hydrogen-bond donors (Lipinski definition) is 2. The van der Waals surface area contributed by atoms with Crippen LogP contribution in [0.15, 0.2) is 35.3 Å². The molecule has 1 aromatic carbocycles. The SMILES string of the molecule is Cc1nnc2n1CC(CN=C(N)Nc1ccccc1)CC2.I. The predicted molar refractivity (Wildman–Crippen MR) is 98.5 cm³/mol. The number of aryl methyl sites for hydroxylation is 2. The summed E-state index contributed by atoms with van der Waals surface area (Å²) in [6.07, 6.45) is 2.05. The summed E-state index contributed by atoms with van der Waals surface area (Å²) in [5.74, 6) is 3.02. The van der Waals surface area contributed by atoms with Gasteiger partial charge in [0.15, 0.2) is 5.96 Å². The molecule has 0 bridgehead atoms. The van der Waals surface area contributed by atoms with Crippen molar-refractivity contribution in [3.63, 3.8) is 0 Å². The van der Waals surface area contributed by atoms with Crippen LogP contribution in [-0.4, -0.2) is 27.3 Å². The molecule has 0 saturated carbocycles. The van der Waals surface area contributed by atoms with Gasteiger partial charge in [0.2, 0.25) is 0 Å². The van der Waals surface area contributed by atoms with Gasteiger partial charge in [-0.05, 0) is 31.4 Å². The Kier molecular flexibility index (Phi) is 5.76.